The molecule has 0 radical (unpaired) electrons. The van der Waals surface area contributed by atoms with Crippen LogP contribution in [0.3, 0.4) is 0 Å². The first-order chi connectivity index (χ1) is 14.6. The average Bonchev–Trinajstić information content (AvgIpc) is 2.90. The lowest BCUT2D eigenvalue weighted by Crippen LogP contribution is -2.26. The zero-order valence-electron chi connectivity index (χ0n) is 18.2. The molecule has 0 saturated carbocycles. The SMILES string of the molecule is CCCn1c(CCCCc2cccc(OC)c2)nn(CC2=CC=C(C)C=C=C2)c1=O. The van der Waals surface area contributed by atoms with Crippen LogP contribution in [0.25, 0.3) is 0 Å². The summed E-state index contributed by atoms with van der Waals surface area (Å²) >= 11 is 0. The summed E-state index contributed by atoms with van der Waals surface area (Å²) in [6.07, 6.45) is 12.7. The summed E-state index contributed by atoms with van der Waals surface area (Å²) in [6, 6.07) is 8.20. The molecule has 0 aliphatic heterocycles. The molecule has 2 aromatic rings. The van der Waals surface area contributed by atoms with E-state index in [9.17, 15) is 4.79 Å². The Bertz CT molecular complexity index is 1050. The van der Waals surface area contributed by atoms with Crippen molar-refractivity contribution in [2.24, 2.45) is 0 Å². The number of nitrogens with zero attached hydrogens (tertiary/aromatic N) is 3. The third-order valence-corrected chi connectivity index (χ3v) is 5.17. The lowest BCUT2D eigenvalue weighted by atomic mass is 10.1. The van der Waals surface area contributed by atoms with Crippen LogP contribution in [0.15, 0.2) is 70.2 Å². The van der Waals surface area contributed by atoms with Gasteiger partial charge in [-0.2, -0.15) is 5.10 Å². The van der Waals surface area contributed by atoms with Crippen molar-refractivity contribution in [2.75, 3.05) is 7.11 Å². The molecule has 0 unspecified atom stereocenters. The highest BCUT2D eigenvalue weighted by atomic mass is 16.5. The highest BCUT2D eigenvalue weighted by Gasteiger charge is 2.13. The summed E-state index contributed by atoms with van der Waals surface area (Å²) in [7, 11) is 1.69. The summed E-state index contributed by atoms with van der Waals surface area (Å²) in [5.41, 5.74) is 6.57. The van der Waals surface area contributed by atoms with E-state index in [2.05, 4.69) is 29.9 Å². The van der Waals surface area contributed by atoms with Crippen molar-refractivity contribution in [3.05, 3.63) is 87.3 Å². The number of aryl methyl sites for hydroxylation is 2. The molecule has 0 fully saturated rings. The summed E-state index contributed by atoms with van der Waals surface area (Å²) in [4.78, 5) is 12.9. The molecule has 1 aliphatic carbocycles. The number of benzene rings is 1. The van der Waals surface area contributed by atoms with E-state index in [1.807, 2.05) is 47.9 Å². The lowest BCUT2D eigenvalue weighted by molar-refractivity contribution is 0.414. The third-order valence-electron chi connectivity index (χ3n) is 5.17. The first kappa shape index (κ1) is 21.7. The molecule has 5 heteroatoms. The van der Waals surface area contributed by atoms with Gasteiger partial charge in [0.25, 0.3) is 0 Å². The number of aromatic nitrogens is 3. The highest BCUT2D eigenvalue weighted by molar-refractivity contribution is 5.33. The molecule has 1 aliphatic rings. The maximum absolute atomic E-state index is 12.9. The van der Waals surface area contributed by atoms with Crippen LogP contribution < -0.4 is 10.4 Å². The number of hydrogen-bond donors (Lipinski definition) is 0. The molecule has 0 bridgehead atoms. The van der Waals surface area contributed by atoms with E-state index in [0.717, 1.165) is 54.8 Å². The summed E-state index contributed by atoms with van der Waals surface area (Å²) in [5, 5.41) is 4.67. The summed E-state index contributed by atoms with van der Waals surface area (Å²) in [5.74, 6) is 1.78. The Morgan fingerprint density at radius 3 is 2.77 bits per heavy atom. The Balaban J connectivity index is 1.66. The Labute approximate surface area is 178 Å². The Morgan fingerprint density at radius 1 is 1.13 bits per heavy atom. The van der Waals surface area contributed by atoms with Crippen LogP contribution in [0, 0.1) is 0 Å². The van der Waals surface area contributed by atoms with Crippen LogP contribution in [0.2, 0.25) is 0 Å². The van der Waals surface area contributed by atoms with Gasteiger partial charge in [0, 0.05) is 13.0 Å². The fraction of sp³-hybridized carbons (Fsp3) is 0.400. The molecule has 0 spiro atoms. The normalized spacial score (nSPS) is 13.2. The molecular weight excluding hydrogens is 374 g/mol. The molecule has 1 aromatic heterocycles. The van der Waals surface area contributed by atoms with Crippen LogP contribution in [-0.4, -0.2) is 21.5 Å². The van der Waals surface area contributed by atoms with E-state index in [1.165, 1.54) is 5.56 Å². The quantitative estimate of drug-likeness (QED) is 0.428. The molecule has 0 amide bonds. The van der Waals surface area contributed by atoms with Gasteiger partial charge in [0.1, 0.15) is 11.6 Å². The molecule has 0 saturated heterocycles. The smallest absolute Gasteiger partial charge is 0.346 e. The summed E-state index contributed by atoms with van der Waals surface area (Å²) in [6.45, 7) is 5.30. The molecular formula is C25H31N3O2. The number of ether oxygens (including phenoxy) is 1. The molecule has 3 rings (SSSR count). The minimum Gasteiger partial charge on any atom is -0.497 e. The maximum Gasteiger partial charge on any atom is 0.346 e. The van der Waals surface area contributed by atoms with Gasteiger partial charge in [-0.1, -0.05) is 31.2 Å². The first-order valence-corrected chi connectivity index (χ1v) is 10.7. The third kappa shape index (κ3) is 5.74. The highest BCUT2D eigenvalue weighted by Crippen LogP contribution is 2.15. The molecule has 5 nitrogen and oxygen atoms in total. The molecule has 0 atom stereocenters. The van der Waals surface area contributed by atoms with Crippen LogP contribution in [0.5, 0.6) is 5.75 Å². The fourth-order valence-corrected chi connectivity index (χ4v) is 3.55. The van der Waals surface area contributed by atoms with E-state index < -0.39 is 0 Å². The standard InChI is InChI=1S/C25H31N3O2/c1-4-17-27-24(14-6-5-10-21-11-8-13-23(18-21)30-3)26-28(25(27)29)19-22-12-7-9-20(2)15-16-22/h8-9,11-13,15-16,18H,4-6,10,14,17,19H2,1-3H3. The number of allylic oxidation sites excluding steroid dienone is 5. The van der Waals surface area contributed by atoms with Gasteiger partial charge in [0.05, 0.1) is 13.7 Å². The molecule has 1 heterocycles. The summed E-state index contributed by atoms with van der Waals surface area (Å²) < 4.78 is 8.72. The van der Waals surface area contributed by atoms with Crippen molar-refractivity contribution in [2.45, 2.75) is 59.0 Å². The van der Waals surface area contributed by atoms with Crippen molar-refractivity contribution in [3.8, 4) is 5.75 Å². The van der Waals surface area contributed by atoms with Gasteiger partial charge in [-0.15, -0.1) is 5.73 Å². The number of methoxy groups -OCH3 is 1. The van der Waals surface area contributed by atoms with Crippen molar-refractivity contribution < 1.29 is 4.74 Å². The minimum atomic E-state index is -0.0251. The zero-order chi connectivity index (χ0) is 21.3. The molecule has 158 valence electrons. The lowest BCUT2D eigenvalue weighted by Gasteiger charge is -2.05. The van der Waals surface area contributed by atoms with Crippen molar-refractivity contribution >= 4 is 0 Å². The predicted molar refractivity (Wildman–Crippen MR) is 121 cm³/mol. The molecule has 1 aromatic carbocycles. The monoisotopic (exact) mass is 405 g/mol. The van der Waals surface area contributed by atoms with Gasteiger partial charge in [0.15, 0.2) is 0 Å². The molecule has 0 N–H and O–H groups in total. The second-order valence-corrected chi connectivity index (χ2v) is 7.67. The van der Waals surface area contributed by atoms with E-state index in [-0.39, 0.29) is 5.69 Å². The predicted octanol–water partition coefficient (Wildman–Crippen LogP) is 4.63. The van der Waals surface area contributed by atoms with Gasteiger partial charge in [-0.25, -0.2) is 9.48 Å². The Kier molecular flexibility index (Phi) is 7.69. The van der Waals surface area contributed by atoms with Gasteiger partial charge in [-0.3, -0.25) is 4.57 Å². The average molecular weight is 406 g/mol. The largest absolute Gasteiger partial charge is 0.497 e. The van der Waals surface area contributed by atoms with Gasteiger partial charge >= 0.3 is 5.69 Å². The van der Waals surface area contributed by atoms with Crippen molar-refractivity contribution in [1.29, 1.82) is 0 Å². The number of unbranched alkanes of at least 4 members (excludes halogenated alkanes) is 1. The topological polar surface area (TPSA) is 49.0 Å². The van der Waals surface area contributed by atoms with E-state index in [4.69, 9.17) is 4.74 Å². The van der Waals surface area contributed by atoms with Crippen LogP contribution in [-0.2, 0) is 25.9 Å². The van der Waals surface area contributed by atoms with Gasteiger partial charge in [-0.05, 0) is 73.6 Å². The van der Waals surface area contributed by atoms with Crippen molar-refractivity contribution in [3.63, 3.8) is 0 Å². The van der Waals surface area contributed by atoms with Crippen LogP contribution in [0.4, 0.5) is 0 Å². The van der Waals surface area contributed by atoms with Gasteiger partial charge in [0.2, 0.25) is 0 Å². The van der Waals surface area contributed by atoms with Gasteiger partial charge < -0.3 is 4.74 Å². The van der Waals surface area contributed by atoms with Crippen molar-refractivity contribution in [1.82, 2.24) is 14.3 Å². The maximum atomic E-state index is 12.9. The van der Waals surface area contributed by atoms with Crippen LogP contribution >= 0.6 is 0 Å². The van der Waals surface area contributed by atoms with Crippen LogP contribution in [0.1, 0.15) is 44.5 Å². The van der Waals surface area contributed by atoms with E-state index in [1.54, 1.807) is 11.8 Å². The van der Waals surface area contributed by atoms with E-state index >= 15 is 0 Å². The second-order valence-electron chi connectivity index (χ2n) is 7.67. The Hall–Kier alpha value is -3.04. The van der Waals surface area contributed by atoms with E-state index in [0.29, 0.717) is 13.1 Å². The minimum absolute atomic E-state index is 0.0251. The zero-order valence-corrected chi connectivity index (χ0v) is 18.2. The first-order valence-electron chi connectivity index (χ1n) is 10.7. The molecule has 30 heavy (non-hydrogen) atoms. The second kappa shape index (κ2) is 10.7. The fourth-order valence-electron chi connectivity index (χ4n) is 3.55. The Morgan fingerprint density at radius 2 is 1.97 bits per heavy atom. The number of hydrogen-bond acceptors (Lipinski definition) is 3. The number of rotatable bonds is 10.